The molecule has 0 saturated carbocycles. The molecule has 2 rings (SSSR count). The molecule has 1 aliphatic rings. The number of rotatable bonds is 3. The fourth-order valence-corrected chi connectivity index (χ4v) is 4.71. The van der Waals surface area contributed by atoms with Gasteiger partial charge in [0, 0.05) is 29.1 Å². The fraction of sp³-hybridized carbons (Fsp3) is 0.545. The van der Waals surface area contributed by atoms with E-state index in [0.717, 1.165) is 24.3 Å². The highest BCUT2D eigenvalue weighted by Gasteiger charge is 2.28. The highest BCUT2D eigenvalue weighted by molar-refractivity contribution is 8.06. The van der Waals surface area contributed by atoms with Gasteiger partial charge >= 0.3 is 0 Å². The predicted molar refractivity (Wildman–Crippen MR) is 69.2 cm³/mol. The van der Waals surface area contributed by atoms with Gasteiger partial charge in [0.25, 0.3) is 0 Å². The van der Waals surface area contributed by atoms with Crippen molar-refractivity contribution in [1.82, 2.24) is 9.97 Å². The van der Waals surface area contributed by atoms with Gasteiger partial charge in [0.15, 0.2) is 6.29 Å². The Balaban J connectivity index is 2.17. The molecule has 0 N–H and O–H groups in total. The van der Waals surface area contributed by atoms with Crippen LogP contribution in [0.15, 0.2) is 12.4 Å². The maximum Gasteiger partial charge on any atom is 0.153 e. The predicted octanol–water partition coefficient (Wildman–Crippen LogP) is 2.59. The van der Waals surface area contributed by atoms with Gasteiger partial charge in [-0.1, -0.05) is 6.92 Å². The average molecular weight is 254 g/mol. The van der Waals surface area contributed by atoms with E-state index in [9.17, 15) is 4.79 Å². The Bertz CT molecular complexity index is 356. The standard InChI is InChI=1S/C11H14N2OS2/c1-2-9-10(16-4-3-15-9)11-12-5-8(7-14)6-13-11/h5-7,9-10H,2-4H2,1H3. The Labute approximate surface area is 104 Å². The zero-order valence-corrected chi connectivity index (χ0v) is 10.8. The molecule has 0 aromatic carbocycles. The van der Waals surface area contributed by atoms with Crippen molar-refractivity contribution in [2.24, 2.45) is 0 Å². The Morgan fingerprint density at radius 1 is 1.38 bits per heavy atom. The van der Waals surface area contributed by atoms with E-state index in [1.165, 1.54) is 5.75 Å². The molecule has 1 fully saturated rings. The maximum atomic E-state index is 10.5. The quantitative estimate of drug-likeness (QED) is 0.776. The summed E-state index contributed by atoms with van der Waals surface area (Å²) in [5.41, 5.74) is 0.547. The van der Waals surface area contributed by atoms with E-state index in [1.807, 2.05) is 23.5 Å². The summed E-state index contributed by atoms with van der Waals surface area (Å²) in [6.07, 6.45) is 5.15. The molecule has 1 aromatic heterocycles. The van der Waals surface area contributed by atoms with Gasteiger partial charge < -0.3 is 0 Å². The van der Waals surface area contributed by atoms with E-state index in [1.54, 1.807) is 12.4 Å². The third-order valence-electron chi connectivity index (χ3n) is 2.54. The van der Waals surface area contributed by atoms with Crippen LogP contribution >= 0.6 is 23.5 Å². The Morgan fingerprint density at radius 2 is 2.06 bits per heavy atom. The number of hydrogen-bond donors (Lipinski definition) is 0. The lowest BCUT2D eigenvalue weighted by atomic mass is 10.2. The van der Waals surface area contributed by atoms with E-state index in [0.29, 0.717) is 16.1 Å². The zero-order valence-electron chi connectivity index (χ0n) is 9.13. The summed E-state index contributed by atoms with van der Waals surface area (Å²) < 4.78 is 0. The van der Waals surface area contributed by atoms with Gasteiger partial charge in [-0.05, 0) is 6.42 Å². The highest BCUT2D eigenvalue weighted by Crippen LogP contribution is 2.42. The molecule has 3 nitrogen and oxygen atoms in total. The lowest BCUT2D eigenvalue weighted by Gasteiger charge is -2.28. The monoisotopic (exact) mass is 254 g/mol. The van der Waals surface area contributed by atoms with Gasteiger partial charge in [0.2, 0.25) is 0 Å². The van der Waals surface area contributed by atoms with Gasteiger partial charge in [0.1, 0.15) is 5.82 Å². The summed E-state index contributed by atoms with van der Waals surface area (Å²) in [7, 11) is 0. The van der Waals surface area contributed by atoms with Crippen LogP contribution < -0.4 is 0 Å². The molecule has 16 heavy (non-hydrogen) atoms. The number of aromatic nitrogens is 2. The molecule has 2 atom stereocenters. The Hall–Kier alpha value is -0.550. The molecule has 2 heterocycles. The first-order valence-corrected chi connectivity index (χ1v) is 7.45. The third kappa shape index (κ3) is 2.58. The topological polar surface area (TPSA) is 42.9 Å². The molecule has 86 valence electrons. The van der Waals surface area contributed by atoms with Crippen molar-refractivity contribution < 1.29 is 4.79 Å². The minimum atomic E-state index is 0.379. The van der Waals surface area contributed by atoms with Crippen molar-refractivity contribution in [1.29, 1.82) is 0 Å². The van der Waals surface area contributed by atoms with Crippen LogP contribution in [0.5, 0.6) is 0 Å². The van der Waals surface area contributed by atoms with Crippen molar-refractivity contribution in [2.45, 2.75) is 23.8 Å². The summed E-state index contributed by atoms with van der Waals surface area (Å²) in [6, 6.07) is 0. The van der Waals surface area contributed by atoms with Crippen LogP contribution in [0.25, 0.3) is 0 Å². The number of hydrogen-bond acceptors (Lipinski definition) is 5. The summed E-state index contributed by atoms with van der Waals surface area (Å²) in [6.45, 7) is 2.20. The van der Waals surface area contributed by atoms with Crippen molar-refractivity contribution in [3.05, 3.63) is 23.8 Å². The molecule has 1 aromatic rings. The lowest BCUT2D eigenvalue weighted by molar-refractivity contribution is 0.112. The molecule has 1 saturated heterocycles. The van der Waals surface area contributed by atoms with E-state index in [-0.39, 0.29) is 0 Å². The molecule has 0 spiro atoms. The maximum absolute atomic E-state index is 10.5. The fourth-order valence-electron chi connectivity index (χ4n) is 1.70. The van der Waals surface area contributed by atoms with Crippen LogP contribution in [0, 0.1) is 0 Å². The second-order valence-electron chi connectivity index (χ2n) is 3.60. The normalized spacial score (nSPS) is 25.3. The van der Waals surface area contributed by atoms with E-state index < -0.39 is 0 Å². The van der Waals surface area contributed by atoms with Gasteiger partial charge in [-0.25, -0.2) is 9.97 Å². The largest absolute Gasteiger partial charge is 0.298 e. The average Bonchev–Trinajstić information content (AvgIpc) is 2.39. The number of carbonyl (C=O) groups excluding carboxylic acids is 1. The van der Waals surface area contributed by atoms with Crippen LogP contribution in [0.3, 0.4) is 0 Å². The Morgan fingerprint density at radius 3 is 2.69 bits per heavy atom. The Kier molecular flexibility index (Phi) is 4.23. The van der Waals surface area contributed by atoms with Gasteiger partial charge in [-0.3, -0.25) is 4.79 Å². The van der Waals surface area contributed by atoms with E-state index in [4.69, 9.17) is 0 Å². The van der Waals surface area contributed by atoms with E-state index in [2.05, 4.69) is 16.9 Å². The molecular formula is C11H14N2OS2. The molecule has 2 unspecified atom stereocenters. The molecule has 0 bridgehead atoms. The minimum Gasteiger partial charge on any atom is -0.298 e. The minimum absolute atomic E-state index is 0.379. The van der Waals surface area contributed by atoms with Gasteiger partial charge in [-0.2, -0.15) is 11.8 Å². The van der Waals surface area contributed by atoms with Crippen molar-refractivity contribution in [3.63, 3.8) is 0 Å². The number of thioether (sulfide) groups is 2. The molecule has 0 radical (unpaired) electrons. The summed E-state index contributed by atoms with van der Waals surface area (Å²) >= 11 is 3.93. The van der Waals surface area contributed by atoms with Crippen molar-refractivity contribution >= 4 is 29.8 Å². The third-order valence-corrected chi connectivity index (χ3v) is 5.78. The van der Waals surface area contributed by atoms with Crippen LogP contribution in [0.4, 0.5) is 0 Å². The van der Waals surface area contributed by atoms with Gasteiger partial charge in [0.05, 0.1) is 10.8 Å². The van der Waals surface area contributed by atoms with Crippen molar-refractivity contribution in [3.8, 4) is 0 Å². The molecular weight excluding hydrogens is 240 g/mol. The summed E-state index contributed by atoms with van der Waals surface area (Å²) in [5, 5.41) is 0.977. The lowest BCUT2D eigenvalue weighted by Crippen LogP contribution is -2.20. The molecule has 1 aliphatic heterocycles. The SMILES string of the molecule is CCC1SCCSC1c1ncc(C=O)cn1. The number of nitrogens with zero attached hydrogens (tertiary/aromatic N) is 2. The number of carbonyl (C=O) groups is 1. The molecule has 0 aliphatic carbocycles. The first-order valence-electron chi connectivity index (χ1n) is 5.35. The second kappa shape index (κ2) is 5.68. The van der Waals surface area contributed by atoms with Crippen molar-refractivity contribution in [2.75, 3.05) is 11.5 Å². The van der Waals surface area contributed by atoms with Crippen LogP contribution in [-0.2, 0) is 0 Å². The second-order valence-corrected chi connectivity index (χ2v) is 6.20. The smallest absolute Gasteiger partial charge is 0.153 e. The highest BCUT2D eigenvalue weighted by atomic mass is 32.2. The summed E-state index contributed by atoms with van der Waals surface area (Å²) in [5.74, 6) is 3.24. The van der Waals surface area contributed by atoms with Crippen LogP contribution in [0.2, 0.25) is 0 Å². The molecule has 0 amide bonds. The molecule has 5 heteroatoms. The zero-order chi connectivity index (χ0) is 11.4. The first-order chi connectivity index (χ1) is 7.85. The van der Waals surface area contributed by atoms with Crippen LogP contribution in [-0.4, -0.2) is 33.0 Å². The van der Waals surface area contributed by atoms with E-state index >= 15 is 0 Å². The van der Waals surface area contributed by atoms with Crippen LogP contribution in [0.1, 0.15) is 34.8 Å². The van der Waals surface area contributed by atoms with Gasteiger partial charge in [-0.15, -0.1) is 11.8 Å². The number of aldehydes is 1. The first kappa shape index (κ1) is 11.9. The summed E-state index contributed by atoms with van der Waals surface area (Å²) in [4.78, 5) is 19.1.